The van der Waals surface area contributed by atoms with Crippen molar-refractivity contribution in [3.8, 4) is 0 Å². The standard InChI is InChI=1S/C15H25NO2/c1-4-14(10-17)16-9-15(18)13-7-5-12(6-8-13)11(2)3/h5-8,11,14-18H,4,9-10H2,1-3H3. The molecule has 2 atom stereocenters. The fraction of sp³-hybridized carbons (Fsp3) is 0.600. The lowest BCUT2D eigenvalue weighted by Crippen LogP contribution is -2.34. The van der Waals surface area contributed by atoms with Gasteiger partial charge in [0.05, 0.1) is 12.7 Å². The molecule has 0 spiro atoms. The van der Waals surface area contributed by atoms with E-state index in [9.17, 15) is 5.11 Å². The zero-order valence-corrected chi connectivity index (χ0v) is 11.6. The molecule has 0 saturated heterocycles. The van der Waals surface area contributed by atoms with Crippen molar-refractivity contribution in [3.63, 3.8) is 0 Å². The maximum atomic E-state index is 10.0. The lowest BCUT2D eigenvalue weighted by atomic mass is 10.00. The van der Waals surface area contributed by atoms with E-state index in [1.165, 1.54) is 5.56 Å². The molecule has 0 bridgehead atoms. The van der Waals surface area contributed by atoms with Crippen molar-refractivity contribution in [2.75, 3.05) is 13.2 Å². The first-order chi connectivity index (χ1) is 8.58. The zero-order valence-electron chi connectivity index (χ0n) is 11.6. The Bertz CT molecular complexity index is 331. The van der Waals surface area contributed by atoms with Crippen LogP contribution in [-0.4, -0.2) is 29.4 Å². The van der Waals surface area contributed by atoms with E-state index in [1.807, 2.05) is 19.1 Å². The zero-order chi connectivity index (χ0) is 13.5. The predicted octanol–water partition coefficient (Wildman–Crippen LogP) is 2.20. The van der Waals surface area contributed by atoms with Crippen LogP contribution in [0.5, 0.6) is 0 Å². The molecule has 0 fully saturated rings. The molecule has 0 aromatic heterocycles. The van der Waals surface area contributed by atoms with Crippen molar-refractivity contribution in [2.24, 2.45) is 0 Å². The fourth-order valence-corrected chi connectivity index (χ4v) is 1.84. The number of aliphatic hydroxyl groups excluding tert-OH is 2. The number of aliphatic hydroxyl groups is 2. The molecule has 18 heavy (non-hydrogen) atoms. The van der Waals surface area contributed by atoms with Crippen LogP contribution in [0.1, 0.15) is 50.3 Å². The average molecular weight is 251 g/mol. The van der Waals surface area contributed by atoms with Gasteiger partial charge in [-0.05, 0) is 23.5 Å². The molecule has 1 rings (SSSR count). The Morgan fingerprint density at radius 2 is 1.67 bits per heavy atom. The Morgan fingerprint density at radius 3 is 2.11 bits per heavy atom. The van der Waals surface area contributed by atoms with Gasteiger partial charge in [0.15, 0.2) is 0 Å². The van der Waals surface area contributed by atoms with Gasteiger partial charge in [0.1, 0.15) is 0 Å². The summed E-state index contributed by atoms with van der Waals surface area (Å²) in [5.41, 5.74) is 2.19. The van der Waals surface area contributed by atoms with Crippen LogP contribution in [0, 0.1) is 0 Å². The first-order valence-electron chi connectivity index (χ1n) is 6.70. The van der Waals surface area contributed by atoms with Gasteiger partial charge in [-0.25, -0.2) is 0 Å². The summed E-state index contributed by atoms with van der Waals surface area (Å²) in [5, 5.41) is 22.3. The van der Waals surface area contributed by atoms with Gasteiger partial charge in [-0.15, -0.1) is 0 Å². The van der Waals surface area contributed by atoms with E-state index in [2.05, 4.69) is 31.3 Å². The van der Waals surface area contributed by atoms with Gasteiger partial charge in [-0.3, -0.25) is 0 Å². The van der Waals surface area contributed by atoms with Crippen LogP contribution in [0.3, 0.4) is 0 Å². The third-order valence-electron chi connectivity index (χ3n) is 3.30. The number of benzene rings is 1. The second-order valence-corrected chi connectivity index (χ2v) is 5.03. The Balaban J connectivity index is 2.53. The Labute approximate surface area is 110 Å². The summed E-state index contributed by atoms with van der Waals surface area (Å²) in [6, 6.07) is 8.14. The molecule has 1 aromatic rings. The van der Waals surface area contributed by atoms with Gasteiger partial charge >= 0.3 is 0 Å². The summed E-state index contributed by atoms with van der Waals surface area (Å²) >= 11 is 0. The van der Waals surface area contributed by atoms with Crippen LogP contribution in [0.4, 0.5) is 0 Å². The van der Waals surface area contributed by atoms with Crippen LogP contribution in [0.25, 0.3) is 0 Å². The van der Waals surface area contributed by atoms with Crippen molar-refractivity contribution < 1.29 is 10.2 Å². The first-order valence-corrected chi connectivity index (χ1v) is 6.70. The number of hydrogen-bond donors (Lipinski definition) is 3. The average Bonchev–Trinajstić information content (AvgIpc) is 2.39. The van der Waals surface area contributed by atoms with Crippen molar-refractivity contribution in [2.45, 2.75) is 45.3 Å². The molecule has 0 radical (unpaired) electrons. The molecule has 102 valence electrons. The lowest BCUT2D eigenvalue weighted by Gasteiger charge is -2.18. The number of rotatable bonds is 7. The molecule has 0 aliphatic heterocycles. The van der Waals surface area contributed by atoms with Crippen molar-refractivity contribution in [1.29, 1.82) is 0 Å². The van der Waals surface area contributed by atoms with Gasteiger partial charge in [0.2, 0.25) is 0 Å². The summed E-state index contributed by atoms with van der Waals surface area (Å²) in [7, 11) is 0. The Hall–Kier alpha value is -0.900. The van der Waals surface area contributed by atoms with E-state index < -0.39 is 6.10 Å². The monoisotopic (exact) mass is 251 g/mol. The highest BCUT2D eigenvalue weighted by atomic mass is 16.3. The van der Waals surface area contributed by atoms with E-state index in [4.69, 9.17) is 5.11 Å². The largest absolute Gasteiger partial charge is 0.395 e. The van der Waals surface area contributed by atoms with E-state index in [0.29, 0.717) is 12.5 Å². The first kappa shape index (κ1) is 15.2. The third kappa shape index (κ3) is 4.41. The van der Waals surface area contributed by atoms with E-state index >= 15 is 0 Å². The lowest BCUT2D eigenvalue weighted by molar-refractivity contribution is 0.158. The summed E-state index contributed by atoms with van der Waals surface area (Å²) in [6.07, 6.45) is 0.335. The maximum absolute atomic E-state index is 10.0. The van der Waals surface area contributed by atoms with Crippen molar-refractivity contribution in [3.05, 3.63) is 35.4 Å². The van der Waals surface area contributed by atoms with Gasteiger partial charge in [0, 0.05) is 12.6 Å². The van der Waals surface area contributed by atoms with Crippen LogP contribution >= 0.6 is 0 Å². The highest BCUT2D eigenvalue weighted by Crippen LogP contribution is 2.18. The molecule has 3 N–H and O–H groups in total. The SMILES string of the molecule is CCC(CO)NCC(O)c1ccc(C(C)C)cc1. The maximum Gasteiger partial charge on any atom is 0.0914 e. The molecule has 0 saturated carbocycles. The molecular formula is C15H25NO2. The smallest absolute Gasteiger partial charge is 0.0914 e. The number of hydrogen-bond acceptors (Lipinski definition) is 3. The molecule has 3 nitrogen and oxygen atoms in total. The molecule has 1 aromatic carbocycles. The Morgan fingerprint density at radius 1 is 1.11 bits per heavy atom. The van der Waals surface area contributed by atoms with Crippen LogP contribution in [0.2, 0.25) is 0 Å². The molecule has 3 heteroatoms. The van der Waals surface area contributed by atoms with E-state index in [0.717, 1.165) is 12.0 Å². The van der Waals surface area contributed by atoms with E-state index in [-0.39, 0.29) is 12.6 Å². The molecule has 2 unspecified atom stereocenters. The summed E-state index contributed by atoms with van der Waals surface area (Å²) < 4.78 is 0. The molecule has 0 aliphatic carbocycles. The van der Waals surface area contributed by atoms with Gasteiger partial charge in [0.25, 0.3) is 0 Å². The van der Waals surface area contributed by atoms with Crippen LogP contribution < -0.4 is 5.32 Å². The highest BCUT2D eigenvalue weighted by molar-refractivity contribution is 5.26. The van der Waals surface area contributed by atoms with Gasteiger partial charge < -0.3 is 15.5 Å². The minimum absolute atomic E-state index is 0.0644. The van der Waals surface area contributed by atoms with Gasteiger partial charge in [-0.2, -0.15) is 0 Å². The normalized spacial score (nSPS) is 14.8. The fourth-order valence-electron chi connectivity index (χ4n) is 1.84. The van der Waals surface area contributed by atoms with Crippen molar-refractivity contribution in [1.82, 2.24) is 5.32 Å². The topological polar surface area (TPSA) is 52.5 Å². The molecule has 0 heterocycles. The quantitative estimate of drug-likeness (QED) is 0.696. The van der Waals surface area contributed by atoms with Crippen LogP contribution in [0.15, 0.2) is 24.3 Å². The molecule has 0 aliphatic rings. The summed E-state index contributed by atoms with van der Waals surface area (Å²) in [5.74, 6) is 0.508. The third-order valence-corrected chi connectivity index (χ3v) is 3.30. The second-order valence-electron chi connectivity index (χ2n) is 5.03. The van der Waals surface area contributed by atoms with E-state index in [1.54, 1.807) is 0 Å². The predicted molar refractivity (Wildman–Crippen MR) is 74.7 cm³/mol. The Kier molecular flexibility index (Phi) is 6.33. The minimum Gasteiger partial charge on any atom is -0.395 e. The van der Waals surface area contributed by atoms with Gasteiger partial charge in [-0.1, -0.05) is 45.0 Å². The number of nitrogens with one attached hydrogen (secondary N) is 1. The summed E-state index contributed by atoms with van der Waals surface area (Å²) in [4.78, 5) is 0. The van der Waals surface area contributed by atoms with Crippen LogP contribution in [-0.2, 0) is 0 Å². The highest BCUT2D eigenvalue weighted by Gasteiger charge is 2.10. The van der Waals surface area contributed by atoms with Crippen molar-refractivity contribution >= 4 is 0 Å². The minimum atomic E-state index is -0.521. The molecular weight excluding hydrogens is 226 g/mol. The molecule has 0 amide bonds. The summed E-state index contributed by atoms with van der Waals surface area (Å²) in [6.45, 7) is 6.90. The second kappa shape index (κ2) is 7.52.